The van der Waals surface area contributed by atoms with Gasteiger partial charge in [0.1, 0.15) is 4.60 Å². The molecule has 1 aromatic rings. The summed E-state index contributed by atoms with van der Waals surface area (Å²) in [6.07, 6.45) is 1.65. The second-order valence-corrected chi connectivity index (χ2v) is 5.75. The van der Waals surface area contributed by atoms with Crippen LogP contribution in [0.15, 0.2) is 22.9 Å². The van der Waals surface area contributed by atoms with E-state index in [2.05, 4.69) is 27.8 Å². The molecule has 0 radical (unpaired) electrons. The lowest BCUT2D eigenvalue weighted by atomic mass is 10.2. The average molecular weight is 301 g/mol. The number of carbonyl (C=O) groups is 1. The summed E-state index contributed by atoms with van der Waals surface area (Å²) >= 11 is 5.19. The molecule has 0 aromatic carbocycles. The molecule has 1 unspecified atom stereocenters. The number of carbonyl (C=O) groups excluding carboxylic acids is 1. The fourth-order valence-electron chi connectivity index (χ4n) is 1.73. The van der Waals surface area contributed by atoms with E-state index in [0.29, 0.717) is 16.2 Å². The van der Waals surface area contributed by atoms with Crippen molar-refractivity contribution in [3.05, 3.63) is 28.5 Å². The molecule has 1 atom stereocenters. The first-order valence-corrected chi connectivity index (χ1v) is 7.13. The van der Waals surface area contributed by atoms with Gasteiger partial charge in [0.15, 0.2) is 0 Å². The van der Waals surface area contributed by atoms with Gasteiger partial charge in [-0.1, -0.05) is 0 Å². The molecule has 1 aromatic heterocycles. The highest BCUT2D eigenvalue weighted by Gasteiger charge is 2.24. The summed E-state index contributed by atoms with van der Waals surface area (Å²) in [4.78, 5) is 18.2. The Morgan fingerprint density at radius 3 is 3.19 bits per heavy atom. The van der Waals surface area contributed by atoms with E-state index < -0.39 is 0 Å². The molecule has 2 heterocycles. The first-order chi connectivity index (χ1) is 7.68. The van der Waals surface area contributed by atoms with Gasteiger partial charge in [-0.05, 0) is 35.0 Å². The predicted molar refractivity (Wildman–Crippen MR) is 69.8 cm³/mol. The molecule has 0 N–H and O–H groups in total. The van der Waals surface area contributed by atoms with Gasteiger partial charge in [-0.15, -0.1) is 0 Å². The van der Waals surface area contributed by atoms with Gasteiger partial charge < -0.3 is 4.90 Å². The Balaban J connectivity index is 2.17. The lowest BCUT2D eigenvalue weighted by molar-refractivity contribution is 0.0716. The van der Waals surface area contributed by atoms with E-state index in [4.69, 9.17) is 0 Å². The summed E-state index contributed by atoms with van der Waals surface area (Å²) < 4.78 is 0.706. The zero-order chi connectivity index (χ0) is 11.5. The molecular weight excluding hydrogens is 288 g/mol. The molecule has 2 rings (SSSR count). The highest BCUT2D eigenvalue weighted by Crippen LogP contribution is 2.19. The average Bonchev–Trinajstić information content (AvgIpc) is 2.29. The molecule has 1 saturated heterocycles. The monoisotopic (exact) mass is 300 g/mol. The van der Waals surface area contributed by atoms with E-state index in [0.717, 1.165) is 18.1 Å². The van der Waals surface area contributed by atoms with Gasteiger partial charge in [-0.2, -0.15) is 11.8 Å². The second-order valence-electron chi connectivity index (χ2n) is 3.79. The third-order valence-electron chi connectivity index (χ3n) is 2.60. The minimum atomic E-state index is 0.107. The quantitative estimate of drug-likeness (QED) is 0.747. The van der Waals surface area contributed by atoms with Gasteiger partial charge in [0.25, 0.3) is 5.91 Å². The van der Waals surface area contributed by atoms with Crippen molar-refractivity contribution in [2.45, 2.75) is 13.0 Å². The Bertz CT molecular complexity index is 399. The minimum Gasteiger partial charge on any atom is -0.334 e. The molecule has 0 bridgehead atoms. The molecule has 0 aliphatic carbocycles. The lowest BCUT2D eigenvalue weighted by Gasteiger charge is -2.33. The van der Waals surface area contributed by atoms with Crippen molar-refractivity contribution < 1.29 is 4.79 Å². The maximum absolute atomic E-state index is 12.2. The Hall–Kier alpha value is -0.550. The number of amides is 1. The van der Waals surface area contributed by atoms with Crippen LogP contribution in [-0.2, 0) is 0 Å². The van der Waals surface area contributed by atoms with Crippen LogP contribution in [0.25, 0.3) is 0 Å². The molecule has 1 aliphatic rings. The summed E-state index contributed by atoms with van der Waals surface area (Å²) in [6.45, 7) is 2.94. The summed E-state index contributed by atoms with van der Waals surface area (Å²) in [7, 11) is 0. The number of nitrogens with zero attached hydrogens (tertiary/aromatic N) is 2. The first kappa shape index (κ1) is 11.9. The second kappa shape index (κ2) is 5.19. The van der Waals surface area contributed by atoms with Crippen molar-refractivity contribution in [2.24, 2.45) is 0 Å². The smallest absolute Gasteiger partial charge is 0.254 e. The molecule has 0 saturated carbocycles. The van der Waals surface area contributed by atoms with Gasteiger partial charge in [0.05, 0.1) is 0 Å². The zero-order valence-corrected chi connectivity index (χ0v) is 11.4. The fraction of sp³-hybridized carbons (Fsp3) is 0.455. The van der Waals surface area contributed by atoms with E-state index >= 15 is 0 Å². The van der Waals surface area contributed by atoms with Crippen LogP contribution in [0.5, 0.6) is 0 Å². The number of halogens is 1. The molecule has 1 fully saturated rings. The van der Waals surface area contributed by atoms with E-state index in [-0.39, 0.29) is 5.91 Å². The van der Waals surface area contributed by atoms with Crippen LogP contribution in [0.1, 0.15) is 17.3 Å². The lowest BCUT2D eigenvalue weighted by Crippen LogP contribution is -2.44. The fourth-order valence-corrected chi connectivity index (χ4v) is 3.11. The van der Waals surface area contributed by atoms with Gasteiger partial charge in [-0.25, -0.2) is 4.98 Å². The molecule has 86 valence electrons. The summed E-state index contributed by atoms with van der Waals surface area (Å²) in [5, 5.41) is 0. The Kier molecular flexibility index (Phi) is 3.86. The third-order valence-corrected chi connectivity index (χ3v) is 4.23. The highest BCUT2D eigenvalue weighted by atomic mass is 79.9. The Labute approximate surface area is 108 Å². The van der Waals surface area contributed by atoms with Crippen LogP contribution in [-0.4, -0.2) is 39.9 Å². The molecule has 3 nitrogen and oxygen atoms in total. The minimum absolute atomic E-state index is 0.107. The normalized spacial score (nSPS) is 20.9. The molecular formula is C11H13BrN2OS. The van der Waals surface area contributed by atoms with Crippen LogP contribution in [0.3, 0.4) is 0 Å². The maximum Gasteiger partial charge on any atom is 0.254 e. The van der Waals surface area contributed by atoms with Crippen LogP contribution in [0, 0.1) is 0 Å². The van der Waals surface area contributed by atoms with Crippen molar-refractivity contribution in [2.75, 3.05) is 18.1 Å². The van der Waals surface area contributed by atoms with Crippen LogP contribution < -0.4 is 0 Å². The predicted octanol–water partition coefficient (Wildman–Crippen LogP) is 2.42. The largest absolute Gasteiger partial charge is 0.334 e. The maximum atomic E-state index is 12.2. The van der Waals surface area contributed by atoms with Crippen molar-refractivity contribution in [3.63, 3.8) is 0 Å². The van der Waals surface area contributed by atoms with E-state index in [1.165, 1.54) is 0 Å². The topological polar surface area (TPSA) is 33.2 Å². The number of pyridine rings is 1. The summed E-state index contributed by atoms with van der Waals surface area (Å²) in [5.74, 6) is 2.16. The van der Waals surface area contributed by atoms with Crippen molar-refractivity contribution in [1.82, 2.24) is 9.88 Å². The van der Waals surface area contributed by atoms with Gasteiger partial charge in [-0.3, -0.25) is 4.79 Å². The van der Waals surface area contributed by atoms with Crippen LogP contribution in [0.2, 0.25) is 0 Å². The van der Waals surface area contributed by atoms with Crippen molar-refractivity contribution >= 4 is 33.6 Å². The highest BCUT2D eigenvalue weighted by molar-refractivity contribution is 9.10. The van der Waals surface area contributed by atoms with Gasteiger partial charge >= 0.3 is 0 Å². The molecule has 1 aliphatic heterocycles. The number of hydrogen-bond donors (Lipinski definition) is 0. The van der Waals surface area contributed by atoms with Crippen molar-refractivity contribution in [1.29, 1.82) is 0 Å². The van der Waals surface area contributed by atoms with Crippen LogP contribution >= 0.6 is 27.7 Å². The Morgan fingerprint density at radius 2 is 2.50 bits per heavy atom. The zero-order valence-electron chi connectivity index (χ0n) is 9.02. The molecule has 16 heavy (non-hydrogen) atoms. The van der Waals surface area contributed by atoms with E-state index in [1.807, 2.05) is 16.7 Å². The van der Waals surface area contributed by atoms with Gasteiger partial charge in [0, 0.05) is 35.9 Å². The standard InChI is InChI=1S/C11H13BrN2OS/c1-8-7-16-5-4-14(8)11(15)9-2-3-13-10(12)6-9/h2-3,6,8H,4-5,7H2,1H3. The Morgan fingerprint density at radius 1 is 1.69 bits per heavy atom. The SMILES string of the molecule is CC1CSCCN1C(=O)c1ccnc(Br)c1. The van der Waals surface area contributed by atoms with E-state index in [9.17, 15) is 4.79 Å². The summed E-state index contributed by atoms with van der Waals surface area (Å²) in [5.41, 5.74) is 0.709. The third kappa shape index (κ3) is 2.58. The van der Waals surface area contributed by atoms with Crippen LogP contribution in [0.4, 0.5) is 0 Å². The molecule has 0 spiro atoms. The molecule has 5 heteroatoms. The molecule has 1 amide bonds. The number of thioether (sulfide) groups is 1. The van der Waals surface area contributed by atoms with Crippen molar-refractivity contribution in [3.8, 4) is 0 Å². The number of hydrogen-bond acceptors (Lipinski definition) is 3. The first-order valence-electron chi connectivity index (χ1n) is 5.19. The number of rotatable bonds is 1. The van der Waals surface area contributed by atoms with Gasteiger partial charge in [0.2, 0.25) is 0 Å². The number of aromatic nitrogens is 1. The summed E-state index contributed by atoms with van der Waals surface area (Å²) in [6, 6.07) is 3.86. The van der Waals surface area contributed by atoms with E-state index in [1.54, 1.807) is 18.3 Å².